The van der Waals surface area contributed by atoms with Crippen molar-refractivity contribution in [2.24, 2.45) is 5.73 Å². The molecule has 0 aliphatic rings. The summed E-state index contributed by atoms with van der Waals surface area (Å²) in [4.78, 5) is 19.8. The van der Waals surface area contributed by atoms with E-state index in [9.17, 15) is 18.0 Å². The van der Waals surface area contributed by atoms with Crippen molar-refractivity contribution >= 4 is 11.9 Å². The number of alkyl halides is 3. The van der Waals surface area contributed by atoms with Gasteiger partial charge in [-0.1, -0.05) is 30.3 Å². The molecule has 20 heavy (non-hydrogen) atoms. The van der Waals surface area contributed by atoms with Crippen LogP contribution in [-0.4, -0.2) is 29.8 Å². The molecule has 8 heteroatoms. The van der Waals surface area contributed by atoms with Crippen LogP contribution in [0.3, 0.4) is 0 Å². The van der Waals surface area contributed by atoms with Gasteiger partial charge < -0.3 is 15.6 Å². The van der Waals surface area contributed by atoms with Crippen molar-refractivity contribution in [3.05, 3.63) is 35.9 Å². The van der Waals surface area contributed by atoms with Gasteiger partial charge in [0.25, 0.3) is 0 Å². The Morgan fingerprint density at radius 2 is 1.70 bits per heavy atom. The van der Waals surface area contributed by atoms with Gasteiger partial charge in [-0.2, -0.15) is 13.2 Å². The largest absolute Gasteiger partial charge is 0.490 e. The minimum Gasteiger partial charge on any atom is -0.475 e. The second kappa shape index (κ2) is 8.92. The van der Waals surface area contributed by atoms with E-state index in [1.54, 1.807) is 0 Å². The van der Waals surface area contributed by atoms with Crippen LogP contribution in [0.2, 0.25) is 0 Å². The maximum Gasteiger partial charge on any atom is 0.490 e. The lowest BCUT2D eigenvalue weighted by molar-refractivity contribution is -0.192. The van der Waals surface area contributed by atoms with Crippen LogP contribution in [0.25, 0.3) is 0 Å². The van der Waals surface area contributed by atoms with Crippen molar-refractivity contribution in [1.29, 1.82) is 0 Å². The van der Waals surface area contributed by atoms with Crippen LogP contribution in [0.4, 0.5) is 13.2 Å². The standard InChI is InChI=1S/C10H13NO2.C2HF3O2/c11-7-6-10(12)13-8-9-4-2-1-3-5-9;3-2(4,5)1(6)7/h1-5H,6-8,11H2;(H,6,7). The van der Waals surface area contributed by atoms with E-state index in [1.165, 1.54) is 0 Å². The van der Waals surface area contributed by atoms with Gasteiger partial charge in [0, 0.05) is 6.54 Å². The molecule has 0 amide bonds. The van der Waals surface area contributed by atoms with Crippen molar-refractivity contribution in [2.75, 3.05) is 6.54 Å². The number of ether oxygens (including phenoxy) is 1. The predicted octanol–water partition coefficient (Wildman–Crippen LogP) is 1.71. The zero-order valence-electron chi connectivity index (χ0n) is 10.4. The number of carboxylic acid groups (broad SMARTS) is 1. The van der Waals surface area contributed by atoms with Gasteiger partial charge in [-0.25, -0.2) is 4.79 Å². The first-order chi connectivity index (χ1) is 9.27. The molecule has 0 bridgehead atoms. The predicted molar refractivity (Wildman–Crippen MR) is 63.6 cm³/mol. The van der Waals surface area contributed by atoms with Crippen LogP contribution in [0.15, 0.2) is 30.3 Å². The molecule has 0 aliphatic carbocycles. The quantitative estimate of drug-likeness (QED) is 0.825. The number of nitrogens with two attached hydrogens (primary N) is 1. The van der Waals surface area contributed by atoms with Gasteiger partial charge in [0.05, 0.1) is 6.42 Å². The lowest BCUT2D eigenvalue weighted by Crippen LogP contribution is -2.21. The fraction of sp³-hybridized carbons (Fsp3) is 0.333. The Morgan fingerprint density at radius 3 is 2.10 bits per heavy atom. The zero-order chi connectivity index (χ0) is 15.6. The van der Waals surface area contributed by atoms with E-state index in [2.05, 4.69) is 0 Å². The summed E-state index contributed by atoms with van der Waals surface area (Å²) in [5.74, 6) is -3.00. The number of rotatable bonds is 4. The molecule has 3 N–H and O–H groups in total. The van der Waals surface area contributed by atoms with E-state index in [0.29, 0.717) is 13.2 Å². The van der Waals surface area contributed by atoms with E-state index >= 15 is 0 Å². The molecular weight excluding hydrogens is 279 g/mol. The number of hydrogen-bond acceptors (Lipinski definition) is 4. The van der Waals surface area contributed by atoms with Crippen LogP contribution in [0, 0.1) is 0 Å². The third-order valence-electron chi connectivity index (χ3n) is 1.83. The number of benzene rings is 1. The van der Waals surface area contributed by atoms with E-state index < -0.39 is 12.1 Å². The number of carbonyl (C=O) groups excluding carboxylic acids is 1. The number of esters is 1. The average Bonchev–Trinajstić information content (AvgIpc) is 2.37. The number of carboxylic acids is 1. The topological polar surface area (TPSA) is 89.6 Å². The molecule has 0 spiro atoms. The van der Waals surface area contributed by atoms with Crippen LogP contribution >= 0.6 is 0 Å². The number of hydrogen-bond donors (Lipinski definition) is 2. The summed E-state index contributed by atoms with van der Waals surface area (Å²) in [5, 5.41) is 7.12. The molecule has 0 unspecified atom stereocenters. The number of aliphatic carboxylic acids is 1. The highest BCUT2D eigenvalue weighted by Crippen LogP contribution is 2.13. The van der Waals surface area contributed by atoms with E-state index in [-0.39, 0.29) is 12.4 Å². The highest BCUT2D eigenvalue weighted by Gasteiger charge is 2.38. The number of carbonyl (C=O) groups is 2. The monoisotopic (exact) mass is 293 g/mol. The zero-order valence-corrected chi connectivity index (χ0v) is 10.4. The molecular formula is C12H14F3NO4. The molecule has 1 aromatic carbocycles. The lowest BCUT2D eigenvalue weighted by atomic mass is 10.2. The molecule has 0 heterocycles. The molecule has 1 aromatic rings. The lowest BCUT2D eigenvalue weighted by Gasteiger charge is -2.02. The van der Waals surface area contributed by atoms with E-state index in [1.807, 2.05) is 30.3 Å². The van der Waals surface area contributed by atoms with Crippen molar-refractivity contribution in [2.45, 2.75) is 19.2 Å². The smallest absolute Gasteiger partial charge is 0.475 e. The minimum atomic E-state index is -5.08. The molecule has 0 radical (unpaired) electrons. The molecule has 0 aromatic heterocycles. The molecule has 5 nitrogen and oxygen atoms in total. The van der Waals surface area contributed by atoms with E-state index in [0.717, 1.165) is 5.56 Å². The highest BCUT2D eigenvalue weighted by molar-refractivity contribution is 5.73. The van der Waals surface area contributed by atoms with Crippen LogP contribution in [0.5, 0.6) is 0 Å². The van der Waals surface area contributed by atoms with E-state index in [4.69, 9.17) is 20.4 Å². The second-order valence-electron chi connectivity index (χ2n) is 3.49. The van der Waals surface area contributed by atoms with Gasteiger partial charge in [0.15, 0.2) is 0 Å². The Bertz CT molecular complexity index is 420. The average molecular weight is 293 g/mol. The van der Waals surface area contributed by atoms with Gasteiger partial charge in [-0.15, -0.1) is 0 Å². The van der Waals surface area contributed by atoms with Gasteiger partial charge in [-0.05, 0) is 5.56 Å². The van der Waals surface area contributed by atoms with Crippen molar-refractivity contribution in [3.63, 3.8) is 0 Å². The van der Waals surface area contributed by atoms with Crippen molar-refractivity contribution in [1.82, 2.24) is 0 Å². The Morgan fingerprint density at radius 1 is 1.20 bits per heavy atom. The number of halogens is 3. The third-order valence-corrected chi connectivity index (χ3v) is 1.83. The molecule has 0 atom stereocenters. The summed E-state index contributed by atoms with van der Waals surface area (Å²) in [5.41, 5.74) is 6.19. The van der Waals surface area contributed by atoms with Gasteiger partial charge in [-0.3, -0.25) is 4.79 Å². The molecule has 0 fully saturated rings. The third kappa shape index (κ3) is 8.92. The maximum absolute atomic E-state index is 10.9. The van der Waals surface area contributed by atoms with Crippen LogP contribution in [0.1, 0.15) is 12.0 Å². The first-order valence-corrected chi connectivity index (χ1v) is 5.47. The summed E-state index contributed by atoms with van der Waals surface area (Å²) in [7, 11) is 0. The first kappa shape index (κ1) is 17.9. The first-order valence-electron chi connectivity index (χ1n) is 5.47. The van der Waals surface area contributed by atoms with Gasteiger partial charge in [0.1, 0.15) is 6.61 Å². The Kier molecular flexibility index (Phi) is 7.98. The maximum atomic E-state index is 10.9. The fourth-order valence-corrected chi connectivity index (χ4v) is 0.928. The summed E-state index contributed by atoms with van der Waals surface area (Å²) in [6.45, 7) is 0.674. The fourth-order valence-electron chi connectivity index (χ4n) is 0.928. The normalized spacial score (nSPS) is 10.2. The minimum absolute atomic E-state index is 0.244. The summed E-state index contributed by atoms with van der Waals surface area (Å²) >= 11 is 0. The highest BCUT2D eigenvalue weighted by atomic mass is 19.4. The molecule has 0 saturated carbocycles. The molecule has 112 valence electrons. The summed E-state index contributed by atoms with van der Waals surface area (Å²) in [6.07, 6.45) is -4.80. The Balaban J connectivity index is 0.000000441. The summed E-state index contributed by atoms with van der Waals surface area (Å²) < 4.78 is 36.7. The van der Waals surface area contributed by atoms with Crippen molar-refractivity contribution in [3.8, 4) is 0 Å². The second-order valence-corrected chi connectivity index (χ2v) is 3.49. The molecule has 1 rings (SSSR count). The molecule has 0 saturated heterocycles. The van der Waals surface area contributed by atoms with Crippen LogP contribution in [-0.2, 0) is 20.9 Å². The van der Waals surface area contributed by atoms with Gasteiger partial charge in [0.2, 0.25) is 0 Å². The molecule has 0 aliphatic heterocycles. The Labute approximate surface area is 113 Å². The SMILES string of the molecule is NCCC(=O)OCc1ccccc1.O=C(O)C(F)(F)F. The van der Waals surface area contributed by atoms with Crippen LogP contribution < -0.4 is 5.73 Å². The van der Waals surface area contributed by atoms with Gasteiger partial charge >= 0.3 is 18.1 Å². The van der Waals surface area contributed by atoms with Crippen molar-refractivity contribution < 1.29 is 32.6 Å². The Hall–Kier alpha value is -2.09. The summed E-state index contributed by atoms with van der Waals surface area (Å²) in [6, 6.07) is 9.56.